The first-order chi connectivity index (χ1) is 9.66. The summed E-state index contributed by atoms with van der Waals surface area (Å²) in [7, 11) is 0. The summed E-state index contributed by atoms with van der Waals surface area (Å²) in [6.07, 6.45) is 3.99. The molecule has 0 aromatic carbocycles. The standard InChI is InChI=1S/C15H25N3O2.ClH/c1-11-9-16-6-8-18(11)15(20)13-3-2-7-17(10-13)14(19)12-4-5-12;/h11-13,16H,2-10H2,1H3;1H/t11-,13?;/m0./s1. The van der Waals surface area contributed by atoms with Crippen LogP contribution in [0.1, 0.15) is 32.6 Å². The van der Waals surface area contributed by atoms with E-state index in [9.17, 15) is 9.59 Å². The van der Waals surface area contributed by atoms with Crippen LogP contribution in [0.25, 0.3) is 0 Å². The molecule has 3 rings (SSSR count). The number of carbonyl (C=O) groups is 2. The molecule has 120 valence electrons. The van der Waals surface area contributed by atoms with Crippen LogP contribution in [0, 0.1) is 11.8 Å². The molecule has 1 aliphatic carbocycles. The van der Waals surface area contributed by atoms with Gasteiger partial charge in [-0.3, -0.25) is 9.59 Å². The molecule has 0 aromatic heterocycles. The van der Waals surface area contributed by atoms with E-state index in [-0.39, 0.29) is 42.1 Å². The van der Waals surface area contributed by atoms with Crippen molar-refractivity contribution in [2.24, 2.45) is 11.8 Å². The Balaban J connectivity index is 0.00000161. The summed E-state index contributed by atoms with van der Waals surface area (Å²) in [6, 6.07) is 0.269. The summed E-state index contributed by atoms with van der Waals surface area (Å²) in [6.45, 7) is 6.14. The van der Waals surface area contributed by atoms with Crippen LogP contribution in [0.4, 0.5) is 0 Å². The predicted molar refractivity (Wildman–Crippen MR) is 83.3 cm³/mol. The number of likely N-dealkylation sites (tertiary alicyclic amines) is 1. The first kappa shape index (κ1) is 16.6. The summed E-state index contributed by atoms with van der Waals surface area (Å²) in [4.78, 5) is 28.8. The predicted octanol–water partition coefficient (Wildman–Crippen LogP) is 0.877. The van der Waals surface area contributed by atoms with Crippen LogP contribution < -0.4 is 5.32 Å². The summed E-state index contributed by atoms with van der Waals surface area (Å²) in [5, 5.41) is 3.31. The highest BCUT2D eigenvalue weighted by Gasteiger charge is 2.38. The quantitative estimate of drug-likeness (QED) is 0.823. The Hall–Kier alpha value is -0.810. The largest absolute Gasteiger partial charge is 0.342 e. The highest BCUT2D eigenvalue weighted by molar-refractivity contribution is 5.85. The Morgan fingerprint density at radius 3 is 2.48 bits per heavy atom. The second-order valence-electron chi connectivity index (χ2n) is 6.48. The fraction of sp³-hybridized carbons (Fsp3) is 0.867. The van der Waals surface area contributed by atoms with Gasteiger partial charge in [0.2, 0.25) is 11.8 Å². The Morgan fingerprint density at radius 2 is 1.81 bits per heavy atom. The summed E-state index contributed by atoms with van der Waals surface area (Å²) in [5.74, 6) is 0.831. The number of piperidine rings is 1. The van der Waals surface area contributed by atoms with Crippen LogP contribution in [0.15, 0.2) is 0 Å². The second kappa shape index (κ2) is 6.97. The molecular weight excluding hydrogens is 290 g/mol. The molecule has 2 saturated heterocycles. The lowest BCUT2D eigenvalue weighted by molar-refractivity contribution is -0.143. The average Bonchev–Trinajstić information content (AvgIpc) is 3.31. The number of carbonyl (C=O) groups excluding carboxylic acids is 2. The molecule has 21 heavy (non-hydrogen) atoms. The Morgan fingerprint density at radius 1 is 1.05 bits per heavy atom. The summed E-state index contributed by atoms with van der Waals surface area (Å²) in [5.41, 5.74) is 0. The number of rotatable bonds is 2. The lowest BCUT2D eigenvalue weighted by Crippen LogP contribution is -2.56. The highest BCUT2D eigenvalue weighted by Crippen LogP contribution is 2.32. The van der Waals surface area contributed by atoms with Crippen molar-refractivity contribution in [3.8, 4) is 0 Å². The second-order valence-corrected chi connectivity index (χ2v) is 6.48. The number of hydrogen-bond acceptors (Lipinski definition) is 3. The van der Waals surface area contributed by atoms with E-state index in [1.165, 1.54) is 0 Å². The normalized spacial score (nSPS) is 29.8. The minimum atomic E-state index is 0. The molecule has 2 aliphatic heterocycles. The molecule has 0 radical (unpaired) electrons. The molecule has 6 heteroatoms. The summed E-state index contributed by atoms with van der Waals surface area (Å²) >= 11 is 0. The molecular formula is C15H26ClN3O2. The molecule has 0 spiro atoms. The maximum absolute atomic E-state index is 12.7. The molecule has 3 fully saturated rings. The summed E-state index contributed by atoms with van der Waals surface area (Å²) < 4.78 is 0. The van der Waals surface area contributed by atoms with Gasteiger partial charge in [0.05, 0.1) is 5.92 Å². The molecule has 0 bridgehead atoms. The van der Waals surface area contributed by atoms with Crippen LogP contribution in [-0.2, 0) is 9.59 Å². The number of piperazine rings is 1. The van der Waals surface area contributed by atoms with Gasteiger partial charge in [0.25, 0.3) is 0 Å². The van der Waals surface area contributed by atoms with Crippen LogP contribution in [0.2, 0.25) is 0 Å². The van der Waals surface area contributed by atoms with Crippen molar-refractivity contribution in [1.82, 2.24) is 15.1 Å². The maximum atomic E-state index is 12.7. The van der Waals surface area contributed by atoms with Gasteiger partial charge in [0, 0.05) is 44.7 Å². The molecule has 0 aromatic rings. The molecule has 2 heterocycles. The maximum Gasteiger partial charge on any atom is 0.227 e. The van der Waals surface area contributed by atoms with Gasteiger partial charge in [-0.15, -0.1) is 12.4 Å². The minimum Gasteiger partial charge on any atom is -0.342 e. The SMILES string of the molecule is C[C@H]1CNCCN1C(=O)C1CCCN(C(=O)C2CC2)C1.Cl. The number of nitrogens with zero attached hydrogens (tertiary/aromatic N) is 2. The first-order valence-corrected chi connectivity index (χ1v) is 7.97. The van der Waals surface area contributed by atoms with E-state index in [2.05, 4.69) is 12.2 Å². The number of nitrogens with one attached hydrogen (secondary N) is 1. The van der Waals surface area contributed by atoms with Gasteiger partial charge in [-0.1, -0.05) is 0 Å². The van der Waals surface area contributed by atoms with Gasteiger partial charge in [-0.05, 0) is 32.6 Å². The van der Waals surface area contributed by atoms with Crippen LogP contribution in [0.5, 0.6) is 0 Å². The lowest BCUT2D eigenvalue weighted by atomic mass is 9.95. The van der Waals surface area contributed by atoms with E-state index >= 15 is 0 Å². The molecule has 1 unspecified atom stereocenters. The topological polar surface area (TPSA) is 52.7 Å². The van der Waals surface area contributed by atoms with E-state index in [4.69, 9.17) is 0 Å². The smallest absolute Gasteiger partial charge is 0.227 e. The Labute approximate surface area is 132 Å². The van der Waals surface area contributed by atoms with Crippen molar-refractivity contribution in [2.45, 2.75) is 38.6 Å². The van der Waals surface area contributed by atoms with Crippen LogP contribution in [0.3, 0.4) is 0 Å². The molecule has 5 nitrogen and oxygen atoms in total. The molecule has 2 atom stereocenters. The van der Waals surface area contributed by atoms with Crippen molar-refractivity contribution in [1.29, 1.82) is 0 Å². The molecule has 2 amide bonds. The van der Waals surface area contributed by atoms with Crippen LogP contribution >= 0.6 is 12.4 Å². The van der Waals surface area contributed by atoms with Crippen LogP contribution in [-0.4, -0.2) is 60.4 Å². The van der Waals surface area contributed by atoms with E-state index in [1.807, 2.05) is 9.80 Å². The zero-order valence-electron chi connectivity index (χ0n) is 12.7. The monoisotopic (exact) mass is 315 g/mol. The van der Waals surface area contributed by atoms with E-state index in [0.717, 1.165) is 51.9 Å². The van der Waals surface area contributed by atoms with Crippen molar-refractivity contribution >= 4 is 24.2 Å². The first-order valence-electron chi connectivity index (χ1n) is 7.97. The zero-order valence-corrected chi connectivity index (χ0v) is 13.5. The van der Waals surface area contributed by atoms with Gasteiger partial charge in [-0.25, -0.2) is 0 Å². The van der Waals surface area contributed by atoms with Gasteiger partial charge >= 0.3 is 0 Å². The van der Waals surface area contributed by atoms with Crippen molar-refractivity contribution in [3.63, 3.8) is 0 Å². The highest BCUT2D eigenvalue weighted by atomic mass is 35.5. The van der Waals surface area contributed by atoms with Crippen molar-refractivity contribution in [3.05, 3.63) is 0 Å². The zero-order chi connectivity index (χ0) is 14.1. The third-order valence-electron chi connectivity index (χ3n) is 4.79. The van der Waals surface area contributed by atoms with Gasteiger partial charge in [0.1, 0.15) is 0 Å². The minimum absolute atomic E-state index is 0. The van der Waals surface area contributed by atoms with Gasteiger partial charge in [-0.2, -0.15) is 0 Å². The van der Waals surface area contributed by atoms with Gasteiger partial charge < -0.3 is 15.1 Å². The van der Waals surface area contributed by atoms with Gasteiger partial charge in [0.15, 0.2) is 0 Å². The third kappa shape index (κ3) is 3.69. The Bertz CT molecular complexity index is 400. The third-order valence-corrected chi connectivity index (χ3v) is 4.79. The average molecular weight is 316 g/mol. The number of hydrogen-bond donors (Lipinski definition) is 1. The molecule has 3 aliphatic rings. The lowest BCUT2D eigenvalue weighted by Gasteiger charge is -2.39. The fourth-order valence-electron chi connectivity index (χ4n) is 3.37. The van der Waals surface area contributed by atoms with E-state index in [1.54, 1.807) is 0 Å². The number of amides is 2. The van der Waals surface area contributed by atoms with E-state index in [0.29, 0.717) is 6.54 Å². The molecule has 1 N–H and O–H groups in total. The van der Waals surface area contributed by atoms with Crippen molar-refractivity contribution in [2.75, 3.05) is 32.7 Å². The molecule has 1 saturated carbocycles. The Kier molecular flexibility index (Phi) is 5.49. The fourth-order valence-corrected chi connectivity index (χ4v) is 3.37. The number of halogens is 1. The van der Waals surface area contributed by atoms with E-state index < -0.39 is 0 Å². The van der Waals surface area contributed by atoms with Crippen molar-refractivity contribution < 1.29 is 9.59 Å².